The minimum absolute atomic E-state index is 0.0395. The largest absolute Gasteiger partial charge is 0.390 e. The Labute approximate surface area is 228 Å². The van der Waals surface area contributed by atoms with E-state index in [4.69, 9.17) is 0 Å². The first-order valence-electron chi connectivity index (χ1n) is 13.4. The van der Waals surface area contributed by atoms with Crippen molar-refractivity contribution in [3.05, 3.63) is 70.8 Å². The van der Waals surface area contributed by atoms with Gasteiger partial charge in [-0.2, -0.15) is 0 Å². The Morgan fingerprint density at radius 1 is 1.08 bits per heavy atom. The van der Waals surface area contributed by atoms with Crippen molar-refractivity contribution in [3.63, 3.8) is 0 Å². The predicted molar refractivity (Wildman–Crippen MR) is 144 cm³/mol. The van der Waals surface area contributed by atoms with Gasteiger partial charge in [0.15, 0.2) is 0 Å². The molecule has 1 aliphatic heterocycles. The van der Waals surface area contributed by atoms with E-state index in [0.29, 0.717) is 19.5 Å². The van der Waals surface area contributed by atoms with Gasteiger partial charge in [0.05, 0.1) is 12.1 Å². The number of nitrogens with zero attached hydrogens (tertiary/aromatic N) is 2. The molecular weight excluding hydrogens is 506 g/mol. The van der Waals surface area contributed by atoms with E-state index >= 15 is 0 Å². The van der Waals surface area contributed by atoms with Crippen LogP contribution in [0.2, 0.25) is 0 Å². The van der Waals surface area contributed by atoms with Crippen molar-refractivity contribution in [3.8, 4) is 0 Å². The number of aliphatic hydroxyl groups excluding tert-OH is 1. The zero-order chi connectivity index (χ0) is 28.5. The Balaban J connectivity index is 1.67. The van der Waals surface area contributed by atoms with E-state index < -0.39 is 35.7 Å². The van der Waals surface area contributed by atoms with Gasteiger partial charge in [-0.05, 0) is 55.0 Å². The Bertz CT molecular complexity index is 1140. The quantitative estimate of drug-likeness (QED) is 0.359. The van der Waals surface area contributed by atoms with Gasteiger partial charge in [-0.15, -0.1) is 0 Å². The lowest BCUT2D eigenvalue weighted by Gasteiger charge is -2.38. The molecule has 0 aliphatic carbocycles. The SMILES string of the molecule is CCCN1C(=O)CN(CC(=O)N[C@@H](Cc2cc(F)cc(F)c2)[C@H](O)CNCc2cccc(CC)c2)C(=O)[C@@H]1C. The summed E-state index contributed by atoms with van der Waals surface area (Å²) in [5, 5.41) is 16.8. The molecule has 0 saturated carbocycles. The zero-order valence-corrected chi connectivity index (χ0v) is 22.8. The summed E-state index contributed by atoms with van der Waals surface area (Å²) in [6.07, 6.45) is 0.465. The molecule has 212 valence electrons. The third-order valence-electron chi connectivity index (χ3n) is 6.85. The second kappa shape index (κ2) is 14.1. The summed E-state index contributed by atoms with van der Waals surface area (Å²) in [6, 6.07) is 9.49. The lowest BCUT2D eigenvalue weighted by molar-refractivity contribution is -0.156. The maximum absolute atomic E-state index is 13.8. The highest BCUT2D eigenvalue weighted by atomic mass is 19.1. The third kappa shape index (κ3) is 8.56. The van der Waals surface area contributed by atoms with E-state index in [-0.39, 0.29) is 43.4 Å². The fraction of sp³-hybridized carbons (Fsp3) is 0.483. The van der Waals surface area contributed by atoms with E-state index in [1.807, 2.05) is 25.1 Å². The maximum Gasteiger partial charge on any atom is 0.246 e. The molecule has 1 aliphatic rings. The van der Waals surface area contributed by atoms with E-state index in [1.165, 1.54) is 15.4 Å². The van der Waals surface area contributed by atoms with Crippen LogP contribution in [-0.2, 0) is 33.8 Å². The summed E-state index contributed by atoms with van der Waals surface area (Å²) < 4.78 is 27.6. The number of carbonyl (C=O) groups excluding carboxylic acids is 3. The summed E-state index contributed by atoms with van der Waals surface area (Å²) in [5.41, 5.74) is 2.49. The summed E-state index contributed by atoms with van der Waals surface area (Å²) in [5.74, 6) is -2.68. The molecule has 10 heteroatoms. The van der Waals surface area contributed by atoms with Gasteiger partial charge < -0.3 is 25.5 Å². The Morgan fingerprint density at radius 2 is 1.77 bits per heavy atom. The van der Waals surface area contributed by atoms with Crippen molar-refractivity contribution < 1.29 is 28.3 Å². The van der Waals surface area contributed by atoms with Crippen molar-refractivity contribution in [1.82, 2.24) is 20.4 Å². The molecular formula is C29H38F2N4O4. The van der Waals surface area contributed by atoms with Crippen molar-refractivity contribution in [2.24, 2.45) is 0 Å². The smallest absolute Gasteiger partial charge is 0.246 e. The summed E-state index contributed by atoms with van der Waals surface area (Å²) >= 11 is 0. The topological polar surface area (TPSA) is 102 Å². The average Bonchev–Trinajstić information content (AvgIpc) is 2.88. The molecule has 39 heavy (non-hydrogen) atoms. The van der Waals surface area contributed by atoms with Gasteiger partial charge in [-0.3, -0.25) is 14.4 Å². The Kier molecular flexibility index (Phi) is 10.9. The van der Waals surface area contributed by atoms with Crippen molar-refractivity contribution in [1.29, 1.82) is 0 Å². The van der Waals surface area contributed by atoms with E-state index in [1.54, 1.807) is 6.92 Å². The number of hydrogen-bond acceptors (Lipinski definition) is 5. The number of benzene rings is 2. The Morgan fingerprint density at radius 3 is 2.44 bits per heavy atom. The molecule has 0 bridgehead atoms. The molecule has 0 radical (unpaired) electrons. The van der Waals surface area contributed by atoms with Gasteiger partial charge in [0, 0.05) is 25.7 Å². The number of amides is 3. The average molecular weight is 545 g/mol. The first-order chi connectivity index (χ1) is 18.6. The third-order valence-corrected chi connectivity index (χ3v) is 6.85. The van der Waals surface area contributed by atoms with Crippen LogP contribution in [0.25, 0.3) is 0 Å². The van der Waals surface area contributed by atoms with Gasteiger partial charge in [0.25, 0.3) is 0 Å². The van der Waals surface area contributed by atoms with Crippen LogP contribution in [0.4, 0.5) is 8.78 Å². The van der Waals surface area contributed by atoms with E-state index in [2.05, 4.69) is 23.6 Å². The highest BCUT2D eigenvalue weighted by molar-refractivity contribution is 5.96. The highest BCUT2D eigenvalue weighted by Gasteiger charge is 2.37. The number of rotatable bonds is 13. The highest BCUT2D eigenvalue weighted by Crippen LogP contribution is 2.15. The fourth-order valence-corrected chi connectivity index (χ4v) is 4.80. The van der Waals surface area contributed by atoms with E-state index in [9.17, 15) is 28.3 Å². The first-order valence-corrected chi connectivity index (χ1v) is 13.4. The van der Waals surface area contributed by atoms with Crippen molar-refractivity contribution >= 4 is 17.7 Å². The molecule has 8 nitrogen and oxygen atoms in total. The molecule has 1 fully saturated rings. The number of carbonyl (C=O) groups is 3. The molecule has 0 unspecified atom stereocenters. The van der Waals surface area contributed by atoms with Crippen LogP contribution in [0.15, 0.2) is 42.5 Å². The molecule has 3 atom stereocenters. The Hall–Kier alpha value is -3.37. The second-order valence-electron chi connectivity index (χ2n) is 9.98. The molecule has 2 aromatic carbocycles. The standard InChI is InChI=1S/C29H38F2N4O4/c1-4-9-35-19(3)29(39)34(18-28(35)38)17-27(37)33-25(13-22-11-23(30)14-24(31)12-22)26(36)16-32-15-21-8-6-7-20(5-2)10-21/h6-8,10-12,14,19,25-26,32,36H,4-5,9,13,15-18H2,1-3H3,(H,33,37)/t19-,25-,26+/m0/s1. The maximum atomic E-state index is 13.8. The van der Waals surface area contributed by atoms with Gasteiger partial charge in [-0.1, -0.05) is 38.1 Å². The van der Waals surface area contributed by atoms with Crippen LogP contribution >= 0.6 is 0 Å². The summed E-state index contributed by atoms with van der Waals surface area (Å²) in [7, 11) is 0. The molecule has 3 N–H and O–H groups in total. The van der Waals surface area contributed by atoms with Crippen LogP contribution in [0.5, 0.6) is 0 Å². The number of aliphatic hydroxyl groups is 1. The number of hydrogen-bond donors (Lipinski definition) is 3. The lowest BCUT2D eigenvalue weighted by Crippen LogP contribution is -2.61. The molecule has 1 saturated heterocycles. The van der Waals surface area contributed by atoms with E-state index in [0.717, 1.165) is 30.2 Å². The van der Waals surface area contributed by atoms with Gasteiger partial charge >= 0.3 is 0 Å². The van der Waals surface area contributed by atoms with Gasteiger partial charge in [0.1, 0.15) is 30.8 Å². The molecule has 2 aromatic rings. The number of nitrogens with one attached hydrogen (secondary N) is 2. The molecule has 3 rings (SSSR count). The van der Waals surface area contributed by atoms with Crippen LogP contribution in [0.1, 0.15) is 43.9 Å². The normalized spacial score (nSPS) is 17.3. The molecule has 0 aromatic heterocycles. The van der Waals surface area contributed by atoms with Crippen LogP contribution in [0, 0.1) is 11.6 Å². The predicted octanol–water partition coefficient (Wildman–Crippen LogP) is 2.17. The lowest BCUT2D eigenvalue weighted by atomic mass is 10.0. The zero-order valence-electron chi connectivity index (χ0n) is 22.8. The first kappa shape index (κ1) is 30.2. The number of halogens is 2. The van der Waals surface area contributed by atoms with Gasteiger partial charge in [-0.25, -0.2) is 8.78 Å². The van der Waals surface area contributed by atoms with Crippen molar-refractivity contribution in [2.45, 2.75) is 64.8 Å². The minimum Gasteiger partial charge on any atom is -0.390 e. The molecule has 1 heterocycles. The van der Waals surface area contributed by atoms with Gasteiger partial charge in [0.2, 0.25) is 17.7 Å². The van der Waals surface area contributed by atoms with Crippen LogP contribution < -0.4 is 10.6 Å². The summed E-state index contributed by atoms with van der Waals surface area (Å²) in [4.78, 5) is 41.0. The second-order valence-corrected chi connectivity index (χ2v) is 9.98. The monoisotopic (exact) mass is 544 g/mol. The molecule has 3 amide bonds. The number of piperazine rings is 1. The fourth-order valence-electron chi connectivity index (χ4n) is 4.80. The molecule has 0 spiro atoms. The summed E-state index contributed by atoms with van der Waals surface area (Å²) in [6.45, 7) is 6.07. The van der Waals surface area contributed by atoms with Crippen LogP contribution in [-0.4, -0.2) is 77.0 Å². The minimum atomic E-state index is -1.10. The van der Waals surface area contributed by atoms with Crippen molar-refractivity contribution in [2.75, 3.05) is 26.2 Å². The number of aryl methyl sites for hydroxylation is 1. The van der Waals surface area contributed by atoms with Crippen LogP contribution in [0.3, 0.4) is 0 Å².